The topological polar surface area (TPSA) is 40.5 Å². The highest BCUT2D eigenvalue weighted by atomic mass is 19.4. The standard InChI is InChI=1S/C7H12F3NO2/c1-5(2)11(6(13)3-12)4-7(8,9)10/h5,12H,3-4H2,1-2H3. The van der Waals surface area contributed by atoms with Crippen molar-refractivity contribution in [3.63, 3.8) is 0 Å². The van der Waals surface area contributed by atoms with E-state index >= 15 is 0 Å². The predicted molar refractivity (Wildman–Crippen MR) is 40.0 cm³/mol. The molecule has 0 bridgehead atoms. The molecule has 0 unspecified atom stereocenters. The molecule has 0 heterocycles. The normalized spacial score (nSPS) is 11.9. The summed E-state index contributed by atoms with van der Waals surface area (Å²) in [4.78, 5) is 11.4. The van der Waals surface area contributed by atoms with Gasteiger partial charge in [-0.15, -0.1) is 0 Å². The van der Waals surface area contributed by atoms with Gasteiger partial charge in [0, 0.05) is 6.04 Å². The number of rotatable bonds is 3. The summed E-state index contributed by atoms with van der Waals surface area (Å²) in [6, 6.07) is -0.568. The molecule has 0 fully saturated rings. The second-order valence-electron chi connectivity index (χ2n) is 2.89. The molecule has 0 aromatic heterocycles. The summed E-state index contributed by atoms with van der Waals surface area (Å²) in [7, 11) is 0. The first kappa shape index (κ1) is 12.2. The van der Waals surface area contributed by atoms with Crippen LogP contribution in [0.2, 0.25) is 0 Å². The van der Waals surface area contributed by atoms with E-state index in [0.717, 1.165) is 0 Å². The molecule has 0 radical (unpaired) electrons. The summed E-state index contributed by atoms with van der Waals surface area (Å²) in [5.41, 5.74) is 0. The molecule has 0 saturated carbocycles. The summed E-state index contributed by atoms with van der Waals surface area (Å²) in [5, 5.41) is 8.39. The Bertz CT molecular complexity index is 179. The molecule has 0 aliphatic rings. The fraction of sp³-hybridized carbons (Fsp3) is 0.857. The van der Waals surface area contributed by atoms with Crippen LogP contribution in [0.15, 0.2) is 0 Å². The summed E-state index contributed by atoms with van der Waals surface area (Å²) in [6.07, 6.45) is -4.42. The number of carbonyl (C=O) groups excluding carboxylic acids is 1. The molecule has 0 aliphatic heterocycles. The van der Waals surface area contributed by atoms with Crippen molar-refractivity contribution in [2.45, 2.75) is 26.1 Å². The van der Waals surface area contributed by atoms with E-state index in [1.54, 1.807) is 0 Å². The van der Waals surface area contributed by atoms with Gasteiger partial charge in [0.25, 0.3) is 0 Å². The van der Waals surface area contributed by atoms with E-state index in [-0.39, 0.29) is 0 Å². The van der Waals surface area contributed by atoms with Crippen LogP contribution in [0.3, 0.4) is 0 Å². The van der Waals surface area contributed by atoms with E-state index in [1.807, 2.05) is 0 Å². The first-order chi connectivity index (χ1) is 5.78. The van der Waals surface area contributed by atoms with Gasteiger partial charge < -0.3 is 10.0 Å². The molecule has 0 rings (SSSR count). The van der Waals surface area contributed by atoms with Crippen LogP contribution in [0.5, 0.6) is 0 Å². The molecule has 13 heavy (non-hydrogen) atoms. The van der Waals surface area contributed by atoms with Gasteiger partial charge >= 0.3 is 6.18 Å². The Morgan fingerprint density at radius 1 is 1.46 bits per heavy atom. The molecule has 0 atom stereocenters. The van der Waals surface area contributed by atoms with Crippen LogP contribution in [-0.4, -0.2) is 41.3 Å². The fourth-order valence-electron chi connectivity index (χ4n) is 0.843. The molecule has 3 nitrogen and oxygen atoms in total. The summed E-state index contributed by atoms with van der Waals surface area (Å²) >= 11 is 0. The van der Waals surface area contributed by atoms with Gasteiger partial charge in [0.05, 0.1) is 0 Å². The minimum Gasteiger partial charge on any atom is -0.387 e. The molecule has 1 N–H and O–H groups in total. The first-order valence-electron chi connectivity index (χ1n) is 3.75. The average molecular weight is 199 g/mol. The second-order valence-corrected chi connectivity index (χ2v) is 2.89. The van der Waals surface area contributed by atoms with Gasteiger partial charge in [0.15, 0.2) is 0 Å². The zero-order chi connectivity index (χ0) is 10.6. The number of amides is 1. The Morgan fingerprint density at radius 2 is 1.92 bits per heavy atom. The molecule has 6 heteroatoms. The van der Waals surface area contributed by atoms with Gasteiger partial charge in [-0.05, 0) is 13.8 Å². The number of alkyl halides is 3. The maximum Gasteiger partial charge on any atom is 0.406 e. The van der Waals surface area contributed by atoms with E-state index in [4.69, 9.17) is 5.11 Å². The van der Waals surface area contributed by atoms with E-state index in [9.17, 15) is 18.0 Å². The monoisotopic (exact) mass is 199 g/mol. The third-order valence-corrected chi connectivity index (χ3v) is 1.43. The highest BCUT2D eigenvalue weighted by molar-refractivity contribution is 5.77. The molecule has 0 aliphatic carbocycles. The van der Waals surface area contributed by atoms with Crippen molar-refractivity contribution < 1.29 is 23.1 Å². The lowest BCUT2D eigenvalue weighted by atomic mass is 10.3. The van der Waals surface area contributed by atoms with Gasteiger partial charge in [-0.1, -0.05) is 0 Å². The number of hydrogen-bond donors (Lipinski definition) is 1. The lowest BCUT2D eigenvalue weighted by molar-refractivity contribution is -0.166. The Labute approximate surface area is 74.1 Å². The van der Waals surface area contributed by atoms with E-state index < -0.39 is 31.3 Å². The number of nitrogens with zero attached hydrogens (tertiary/aromatic N) is 1. The fourth-order valence-corrected chi connectivity index (χ4v) is 0.843. The maximum atomic E-state index is 11.9. The number of carbonyl (C=O) groups is 1. The summed E-state index contributed by atoms with van der Waals surface area (Å²) < 4.78 is 35.7. The van der Waals surface area contributed by atoms with Crippen molar-refractivity contribution in [1.82, 2.24) is 4.90 Å². The largest absolute Gasteiger partial charge is 0.406 e. The van der Waals surface area contributed by atoms with E-state index in [0.29, 0.717) is 4.90 Å². The first-order valence-corrected chi connectivity index (χ1v) is 3.75. The second kappa shape index (κ2) is 4.45. The molecular weight excluding hydrogens is 187 g/mol. The third kappa shape index (κ3) is 4.72. The number of halogens is 3. The Morgan fingerprint density at radius 3 is 2.15 bits per heavy atom. The van der Waals surface area contributed by atoms with Crippen LogP contribution >= 0.6 is 0 Å². The van der Waals surface area contributed by atoms with Crippen LogP contribution in [0, 0.1) is 0 Å². The van der Waals surface area contributed by atoms with Crippen LogP contribution in [0.4, 0.5) is 13.2 Å². The van der Waals surface area contributed by atoms with Crippen molar-refractivity contribution in [1.29, 1.82) is 0 Å². The SMILES string of the molecule is CC(C)N(CC(F)(F)F)C(=O)CO. The Balaban J connectivity index is 4.36. The Hall–Kier alpha value is -0.780. The van der Waals surface area contributed by atoms with E-state index in [1.165, 1.54) is 13.8 Å². The number of aliphatic hydroxyl groups excluding tert-OH is 1. The van der Waals surface area contributed by atoms with E-state index in [2.05, 4.69) is 0 Å². The van der Waals surface area contributed by atoms with Gasteiger partial charge in [-0.3, -0.25) is 4.79 Å². The van der Waals surface area contributed by atoms with Gasteiger partial charge in [-0.25, -0.2) is 0 Å². The molecule has 0 saturated heterocycles. The van der Waals surface area contributed by atoms with Crippen molar-refractivity contribution in [2.24, 2.45) is 0 Å². The molecule has 0 aromatic carbocycles. The number of aliphatic hydroxyl groups is 1. The summed E-state index contributed by atoms with van der Waals surface area (Å²) in [6.45, 7) is 0.705. The van der Waals surface area contributed by atoms with Gasteiger partial charge in [0.1, 0.15) is 13.2 Å². The lowest BCUT2D eigenvalue weighted by Crippen LogP contribution is -2.44. The zero-order valence-electron chi connectivity index (χ0n) is 7.43. The van der Waals surface area contributed by atoms with Gasteiger partial charge in [-0.2, -0.15) is 13.2 Å². The average Bonchev–Trinajstić information content (AvgIpc) is 1.96. The highest BCUT2D eigenvalue weighted by Gasteiger charge is 2.33. The smallest absolute Gasteiger partial charge is 0.387 e. The highest BCUT2D eigenvalue weighted by Crippen LogP contribution is 2.17. The predicted octanol–water partition coefficient (Wildman–Crippen LogP) is 0.778. The van der Waals surface area contributed by atoms with Crippen molar-refractivity contribution in [3.8, 4) is 0 Å². The van der Waals surface area contributed by atoms with Crippen molar-refractivity contribution in [2.75, 3.05) is 13.2 Å². The third-order valence-electron chi connectivity index (χ3n) is 1.43. The molecule has 1 amide bonds. The lowest BCUT2D eigenvalue weighted by Gasteiger charge is -2.26. The van der Waals surface area contributed by atoms with Crippen molar-refractivity contribution >= 4 is 5.91 Å². The zero-order valence-corrected chi connectivity index (χ0v) is 7.43. The molecule has 78 valence electrons. The van der Waals surface area contributed by atoms with Crippen LogP contribution in [0.25, 0.3) is 0 Å². The van der Waals surface area contributed by atoms with Crippen LogP contribution in [-0.2, 0) is 4.79 Å². The molecule has 0 aromatic rings. The summed E-state index contributed by atoms with van der Waals surface area (Å²) in [5.74, 6) is -0.910. The van der Waals surface area contributed by atoms with Crippen LogP contribution in [0.1, 0.15) is 13.8 Å². The van der Waals surface area contributed by atoms with Crippen molar-refractivity contribution in [3.05, 3.63) is 0 Å². The van der Waals surface area contributed by atoms with Crippen LogP contribution < -0.4 is 0 Å². The minimum atomic E-state index is -4.42. The Kier molecular flexibility index (Phi) is 4.19. The quantitative estimate of drug-likeness (QED) is 0.729. The minimum absolute atomic E-state index is 0.568. The number of hydrogen-bond acceptors (Lipinski definition) is 2. The molecular formula is C7H12F3NO2. The maximum absolute atomic E-state index is 11.9. The molecule has 0 spiro atoms. The van der Waals surface area contributed by atoms with Gasteiger partial charge in [0.2, 0.25) is 5.91 Å².